The molecule has 1 amide bonds. The van der Waals surface area contributed by atoms with Gasteiger partial charge in [0.05, 0.1) is 11.4 Å². The van der Waals surface area contributed by atoms with E-state index in [1.165, 1.54) is 6.07 Å². The van der Waals surface area contributed by atoms with E-state index in [2.05, 4.69) is 15.9 Å². The Hall–Kier alpha value is -1.22. The van der Waals surface area contributed by atoms with Crippen molar-refractivity contribution in [2.24, 2.45) is 0 Å². The lowest BCUT2D eigenvalue weighted by Crippen LogP contribution is -2.32. The van der Waals surface area contributed by atoms with E-state index in [1.54, 1.807) is 45.8 Å². The molecule has 0 aliphatic carbocycles. The highest BCUT2D eigenvalue weighted by Crippen LogP contribution is 2.23. The molecule has 0 bridgehead atoms. The van der Waals surface area contributed by atoms with Gasteiger partial charge in [0.15, 0.2) is 0 Å². The first-order chi connectivity index (χ1) is 12.9. The van der Waals surface area contributed by atoms with E-state index >= 15 is 0 Å². The Morgan fingerprint density at radius 3 is 2.52 bits per heavy atom. The van der Waals surface area contributed by atoms with Crippen molar-refractivity contribution in [2.75, 3.05) is 20.1 Å². The lowest BCUT2D eigenvalue weighted by Gasteiger charge is -2.21. The zero-order valence-electron chi connectivity index (χ0n) is 15.2. The average Bonchev–Trinajstić information content (AvgIpc) is 2.89. The smallest absolute Gasteiger partial charge is 0.253 e. The molecule has 1 aromatic heterocycles. The number of rotatable bonds is 5. The second-order valence-corrected chi connectivity index (χ2v) is 10.6. The van der Waals surface area contributed by atoms with Crippen molar-refractivity contribution < 1.29 is 13.2 Å². The van der Waals surface area contributed by atoms with Crippen LogP contribution in [0.15, 0.2) is 45.1 Å². The molecule has 0 atom stereocenters. The van der Waals surface area contributed by atoms with Crippen LogP contribution in [0.1, 0.15) is 40.9 Å². The maximum absolute atomic E-state index is 13.0. The van der Waals surface area contributed by atoms with E-state index in [1.807, 2.05) is 11.4 Å². The zero-order valence-corrected chi connectivity index (χ0v) is 18.4. The molecule has 8 heteroatoms. The summed E-state index contributed by atoms with van der Waals surface area (Å²) in [6.45, 7) is 1.58. The van der Waals surface area contributed by atoms with Gasteiger partial charge < -0.3 is 4.90 Å². The zero-order chi connectivity index (χ0) is 19.4. The maximum Gasteiger partial charge on any atom is 0.253 e. The van der Waals surface area contributed by atoms with Gasteiger partial charge in [0.25, 0.3) is 5.91 Å². The van der Waals surface area contributed by atoms with Crippen LogP contribution in [0, 0.1) is 0 Å². The highest BCUT2D eigenvalue weighted by atomic mass is 79.9. The van der Waals surface area contributed by atoms with Crippen LogP contribution in [0.3, 0.4) is 0 Å². The molecular weight excluding hydrogens is 448 g/mol. The fraction of sp³-hybridized carbons (Fsp3) is 0.421. The molecule has 2 aromatic rings. The number of halogens is 1. The number of carbonyl (C=O) groups excluding carboxylic acids is 1. The van der Waals surface area contributed by atoms with Crippen LogP contribution >= 0.6 is 27.3 Å². The van der Waals surface area contributed by atoms with Crippen LogP contribution in [0.2, 0.25) is 0 Å². The van der Waals surface area contributed by atoms with Crippen molar-refractivity contribution in [1.82, 2.24) is 9.21 Å². The average molecular weight is 471 g/mol. The summed E-state index contributed by atoms with van der Waals surface area (Å²) in [5.74, 6) is -0.188. The fourth-order valence-corrected chi connectivity index (χ4v) is 6.25. The number of thiophene rings is 1. The molecule has 0 saturated carbocycles. The van der Waals surface area contributed by atoms with E-state index in [4.69, 9.17) is 0 Å². The highest BCUT2D eigenvalue weighted by molar-refractivity contribution is 9.10. The molecule has 0 spiro atoms. The molecule has 2 heterocycles. The van der Waals surface area contributed by atoms with E-state index in [0.717, 1.165) is 35.0 Å². The molecule has 27 heavy (non-hydrogen) atoms. The third kappa shape index (κ3) is 4.99. The second kappa shape index (κ2) is 8.86. The third-order valence-electron chi connectivity index (χ3n) is 4.65. The van der Waals surface area contributed by atoms with Crippen LogP contribution < -0.4 is 0 Å². The van der Waals surface area contributed by atoms with E-state index < -0.39 is 10.0 Å². The second-order valence-electron chi connectivity index (χ2n) is 6.74. The molecule has 1 aliphatic rings. The first kappa shape index (κ1) is 20.5. The van der Waals surface area contributed by atoms with E-state index in [9.17, 15) is 13.2 Å². The van der Waals surface area contributed by atoms with Gasteiger partial charge in [-0.2, -0.15) is 4.31 Å². The standard InChI is InChI=1S/C19H23BrN2O3S2/c1-21(13-17-12-16(20)14-26-17)19(23)15-7-6-8-18(11-15)27(24,25)22-9-4-2-3-5-10-22/h6-8,11-12,14H,2-5,9-10,13H2,1H3. The van der Waals surface area contributed by atoms with Gasteiger partial charge in [0.1, 0.15) is 0 Å². The van der Waals surface area contributed by atoms with Crippen molar-refractivity contribution in [3.8, 4) is 0 Å². The van der Waals surface area contributed by atoms with Crippen molar-refractivity contribution in [3.05, 3.63) is 50.6 Å². The van der Waals surface area contributed by atoms with Crippen LogP contribution in [0.4, 0.5) is 0 Å². The number of carbonyl (C=O) groups is 1. The lowest BCUT2D eigenvalue weighted by atomic mass is 10.2. The summed E-state index contributed by atoms with van der Waals surface area (Å²) in [5, 5.41) is 1.97. The van der Waals surface area contributed by atoms with Gasteiger partial charge in [-0.05, 0) is 53.0 Å². The van der Waals surface area contributed by atoms with Crippen molar-refractivity contribution in [1.29, 1.82) is 0 Å². The minimum absolute atomic E-state index is 0.188. The molecule has 0 radical (unpaired) electrons. The molecule has 1 fully saturated rings. The summed E-state index contributed by atoms with van der Waals surface area (Å²) in [7, 11) is -1.84. The maximum atomic E-state index is 13.0. The van der Waals surface area contributed by atoms with Crippen LogP contribution in [0.5, 0.6) is 0 Å². The first-order valence-corrected chi connectivity index (χ1v) is 12.1. The molecule has 146 valence electrons. The molecule has 1 aliphatic heterocycles. The Balaban J connectivity index is 1.78. The predicted molar refractivity (Wildman–Crippen MR) is 111 cm³/mol. The normalized spacial score (nSPS) is 16.1. The van der Waals surface area contributed by atoms with Gasteiger partial charge in [-0.25, -0.2) is 8.42 Å². The van der Waals surface area contributed by atoms with Gasteiger partial charge >= 0.3 is 0 Å². The molecule has 1 aromatic carbocycles. The molecular formula is C19H23BrN2O3S2. The summed E-state index contributed by atoms with van der Waals surface area (Å²) in [5.41, 5.74) is 0.393. The number of benzene rings is 1. The largest absolute Gasteiger partial charge is 0.337 e. The fourth-order valence-electron chi connectivity index (χ4n) is 3.18. The van der Waals surface area contributed by atoms with Crippen LogP contribution in [0.25, 0.3) is 0 Å². The summed E-state index contributed by atoms with van der Waals surface area (Å²) in [4.78, 5) is 15.6. The molecule has 1 saturated heterocycles. The third-order valence-corrected chi connectivity index (χ3v) is 8.22. The number of sulfonamides is 1. The van der Waals surface area contributed by atoms with Gasteiger partial charge in [0, 0.05) is 40.4 Å². The number of amides is 1. The molecule has 5 nitrogen and oxygen atoms in total. The summed E-state index contributed by atoms with van der Waals surface area (Å²) in [6.07, 6.45) is 3.90. The molecule has 3 rings (SSSR count). The van der Waals surface area contributed by atoms with Crippen molar-refractivity contribution >= 4 is 43.2 Å². The Morgan fingerprint density at radius 2 is 1.89 bits per heavy atom. The Kier molecular flexibility index (Phi) is 6.73. The van der Waals surface area contributed by atoms with Crippen molar-refractivity contribution in [2.45, 2.75) is 37.1 Å². The van der Waals surface area contributed by atoms with Gasteiger partial charge in [-0.15, -0.1) is 11.3 Å². The Morgan fingerprint density at radius 1 is 1.19 bits per heavy atom. The van der Waals surface area contributed by atoms with Gasteiger partial charge in [-0.1, -0.05) is 18.9 Å². The quantitative estimate of drug-likeness (QED) is 0.652. The van der Waals surface area contributed by atoms with E-state index in [0.29, 0.717) is 25.2 Å². The summed E-state index contributed by atoms with van der Waals surface area (Å²) < 4.78 is 28.5. The summed E-state index contributed by atoms with van der Waals surface area (Å²) in [6, 6.07) is 8.38. The minimum Gasteiger partial charge on any atom is -0.337 e. The Labute approximate surface area is 173 Å². The SMILES string of the molecule is CN(Cc1cc(Br)cs1)C(=O)c1cccc(S(=O)(=O)N2CCCCCC2)c1. The number of hydrogen-bond donors (Lipinski definition) is 0. The topological polar surface area (TPSA) is 57.7 Å². The molecule has 0 N–H and O–H groups in total. The van der Waals surface area contributed by atoms with Gasteiger partial charge in [-0.3, -0.25) is 4.79 Å². The highest BCUT2D eigenvalue weighted by Gasteiger charge is 2.26. The first-order valence-electron chi connectivity index (χ1n) is 8.96. The molecule has 0 unspecified atom stereocenters. The monoisotopic (exact) mass is 470 g/mol. The van der Waals surface area contributed by atoms with E-state index in [-0.39, 0.29) is 10.8 Å². The van der Waals surface area contributed by atoms with Crippen LogP contribution in [-0.2, 0) is 16.6 Å². The van der Waals surface area contributed by atoms with Crippen LogP contribution in [-0.4, -0.2) is 43.7 Å². The number of nitrogens with zero attached hydrogens (tertiary/aromatic N) is 2. The number of hydrogen-bond acceptors (Lipinski definition) is 4. The lowest BCUT2D eigenvalue weighted by molar-refractivity contribution is 0.0786. The minimum atomic E-state index is -3.56. The Bertz CT molecular complexity index is 903. The van der Waals surface area contributed by atoms with Gasteiger partial charge in [0.2, 0.25) is 10.0 Å². The van der Waals surface area contributed by atoms with Crippen molar-refractivity contribution in [3.63, 3.8) is 0 Å². The predicted octanol–water partition coefficient (Wildman–Crippen LogP) is 4.35. The summed E-state index contributed by atoms with van der Waals surface area (Å²) >= 11 is 4.99.